The number of carbonyl (C=O) groups is 3. The number of carboxylic acid groups (broad SMARTS) is 1. The van der Waals surface area contributed by atoms with Gasteiger partial charge in [-0.25, -0.2) is 4.79 Å². The lowest BCUT2D eigenvalue weighted by atomic mass is 9.86. The van der Waals surface area contributed by atoms with Crippen molar-refractivity contribution in [1.29, 1.82) is 0 Å². The smallest absolute Gasteiger partial charge is 0.407 e. The lowest BCUT2D eigenvalue weighted by Gasteiger charge is -2.42. The molecule has 2 N–H and O–H groups in total. The van der Waals surface area contributed by atoms with Crippen LogP contribution in [0, 0.1) is 17.8 Å². The number of amides is 2. The number of nitrogens with one attached hydrogen (secondary N) is 1. The summed E-state index contributed by atoms with van der Waals surface area (Å²) in [7, 11) is 0. The maximum Gasteiger partial charge on any atom is 0.407 e. The molecule has 0 spiro atoms. The quantitative estimate of drug-likeness (QED) is 0.553. The van der Waals surface area contributed by atoms with E-state index in [2.05, 4.69) is 43.4 Å². The number of nitrogens with zero attached hydrogens (tertiary/aromatic N) is 1. The maximum atomic E-state index is 13.1. The second kappa shape index (κ2) is 10.5. The van der Waals surface area contributed by atoms with Crippen molar-refractivity contribution in [3.8, 4) is 11.1 Å². The second-order valence-corrected chi connectivity index (χ2v) is 10.1. The summed E-state index contributed by atoms with van der Waals surface area (Å²) < 4.78 is 5.65. The van der Waals surface area contributed by atoms with Gasteiger partial charge in [-0.3, -0.25) is 9.59 Å². The molecule has 1 aliphatic heterocycles. The standard InChI is InChI=1S/C28H34N2O5/c1-17(2)12-13-25(26(31)30-14-19(15-30)18(3)27(32)33)29-28(34)35-16-24-22-10-6-4-8-20(22)21-9-5-7-11-23(21)24/h4-11,17-19,24-25H,12-16H2,1-3H3,(H,29,34)(H,32,33). The molecule has 7 heteroatoms. The van der Waals surface area contributed by atoms with Crippen LogP contribution in [0.1, 0.15) is 50.7 Å². The largest absolute Gasteiger partial charge is 0.481 e. The zero-order chi connectivity index (χ0) is 25.1. The number of carbonyl (C=O) groups excluding carboxylic acids is 2. The first-order valence-corrected chi connectivity index (χ1v) is 12.4. The van der Waals surface area contributed by atoms with Crippen LogP contribution in [0.15, 0.2) is 48.5 Å². The average molecular weight is 479 g/mol. The minimum absolute atomic E-state index is 0.0494. The highest BCUT2D eigenvalue weighted by atomic mass is 16.5. The van der Waals surface area contributed by atoms with Gasteiger partial charge in [0.25, 0.3) is 0 Å². The van der Waals surface area contributed by atoms with Gasteiger partial charge in [-0.1, -0.05) is 69.3 Å². The maximum absolute atomic E-state index is 13.1. The number of fused-ring (bicyclic) bond motifs is 3. The summed E-state index contributed by atoms with van der Waals surface area (Å²) in [5.74, 6) is -1.25. The molecule has 7 nitrogen and oxygen atoms in total. The molecule has 1 heterocycles. The van der Waals surface area contributed by atoms with Gasteiger partial charge >= 0.3 is 12.1 Å². The second-order valence-electron chi connectivity index (χ2n) is 10.1. The number of rotatable bonds is 9. The predicted octanol–water partition coefficient (Wildman–Crippen LogP) is 4.51. The first-order valence-electron chi connectivity index (χ1n) is 12.4. The van der Waals surface area contributed by atoms with E-state index < -0.39 is 24.0 Å². The Bertz CT molecular complexity index is 1050. The zero-order valence-electron chi connectivity index (χ0n) is 20.6. The van der Waals surface area contributed by atoms with Crippen LogP contribution < -0.4 is 5.32 Å². The molecule has 0 radical (unpaired) electrons. The summed E-state index contributed by atoms with van der Waals surface area (Å²) in [5.41, 5.74) is 4.58. The number of carboxylic acids is 1. The van der Waals surface area contributed by atoms with Gasteiger partial charge in [0.15, 0.2) is 0 Å². The summed E-state index contributed by atoms with van der Waals surface area (Å²) in [6, 6.07) is 15.6. The van der Waals surface area contributed by atoms with Gasteiger partial charge in [0.2, 0.25) is 5.91 Å². The third-order valence-corrected chi connectivity index (χ3v) is 7.28. The van der Waals surface area contributed by atoms with E-state index in [-0.39, 0.29) is 24.3 Å². The fourth-order valence-corrected chi connectivity index (χ4v) is 4.97. The van der Waals surface area contributed by atoms with Crippen LogP contribution in [0.2, 0.25) is 0 Å². The minimum Gasteiger partial charge on any atom is -0.481 e. The van der Waals surface area contributed by atoms with Crippen LogP contribution in [0.4, 0.5) is 4.79 Å². The predicted molar refractivity (Wildman–Crippen MR) is 133 cm³/mol. The van der Waals surface area contributed by atoms with Crippen LogP contribution in [0.3, 0.4) is 0 Å². The topological polar surface area (TPSA) is 95.9 Å². The number of hydrogen-bond donors (Lipinski definition) is 2. The summed E-state index contributed by atoms with van der Waals surface area (Å²) in [6.45, 7) is 6.80. The molecule has 0 aromatic heterocycles. The van der Waals surface area contributed by atoms with E-state index in [1.165, 1.54) is 0 Å². The van der Waals surface area contributed by atoms with Crippen molar-refractivity contribution in [2.75, 3.05) is 19.7 Å². The normalized spacial score (nSPS) is 16.7. The third-order valence-electron chi connectivity index (χ3n) is 7.28. The van der Waals surface area contributed by atoms with Crippen LogP contribution in [-0.4, -0.2) is 53.7 Å². The summed E-state index contributed by atoms with van der Waals surface area (Å²) in [6.07, 6.45) is 0.684. The lowest BCUT2D eigenvalue weighted by Crippen LogP contribution is -2.59. The molecule has 0 saturated carbocycles. The Morgan fingerprint density at radius 1 is 0.971 bits per heavy atom. The van der Waals surface area contributed by atoms with Crippen molar-refractivity contribution in [2.24, 2.45) is 17.8 Å². The van der Waals surface area contributed by atoms with Gasteiger partial charge in [-0.2, -0.15) is 0 Å². The van der Waals surface area contributed by atoms with E-state index in [1.54, 1.807) is 11.8 Å². The van der Waals surface area contributed by atoms with E-state index in [0.717, 1.165) is 28.7 Å². The van der Waals surface area contributed by atoms with Crippen molar-refractivity contribution in [1.82, 2.24) is 10.2 Å². The molecule has 186 valence electrons. The Morgan fingerprint density at radius 3 is 2.09 bits per heavy atom. The Kier molecular flexibility index (Phi) is 7.43. The fraction of sp³-hybridized carbons (Fsp3) is 0.464. The van der Waals surface area contributed by atoms with Gasteiger partial charge in [0.1, 0.15) is 12.6 Å². The molecule has 1 saturated heterocycles. The Labute approximate surface area is 206 Å². The van der Waals surface area contributed by atoms with Crippen LogP contribution in [0.25, 0.3) is 11.1 Å². The number of likely N-dealkylation sites (tertiary alicyclic amines) is 1. The van der Waals surface area contributed by atoms with Gasteiger partial charge < -0.3 is 20.1 Å². The van der Waals surface area contributed by atoms with Crippen molar-refractivity contribution >= 4 is 18.0 Å². The molecule has 4 rings (SSSR count). The number of hydrogen-bond acceptors (Lipinski definition) is 4. The molecule has 2 unspecified atom stereocenters. The van der Waals surface area contributed by atoms with Gasteiger partial charge in [-0.05, 0) is 41.0 Å². The molecular weight excluding hydrogens is 444 g/mol. The average Bonchev–Trinajstić information content (AvgIpc) is 3.12. The van der Waals surface area contributed by atoms with E-state index in [0.29, 0.717) is 25.4 Å². The first kappa shape index (κ1) is 24.8. The zero-order valence-corrected chi connectivity index (χ0v) is 20.6. The van der Waals surface area contributed by atoms with Crippen molar-refractivity contribution < 1.29 is 24.2 Å². The molecule has 2 aliphatic rings. The third kappa shape index (κ3) is 5.34. The monoisotopic (exact) mass is 478 g/mol. The van der Waals surface area contributed by atoms with Crippen molar-refractivity contribution in [3.05, 3.63) is 59.7 Å². The summed E-state index contributed by atoms with van der Waals surface area (Å²) >= 11 is 0. The number of benzene rings is 2. The van der Waals surface area contributed by atoms with Gasteiger partial charge in [-0.15, -0.1) is 0 Å². The van der Waals surface area contributed by atoms with E-state index in [1.807, 2.05) is 24.3 Å². The van der Waals surface area contributed by atoms with Crippen LogP contribution in [0.5, 0.6) is 0 Å². The van der Waals surface area contributed by atoms with E-state index >= 15 is 0 Å². The molecule has 2 aromatic carbocycles. The molecule has 2 aromatic rings. The molecule has 1 aliphatic carbocycles. The van der Waals surface area contributed by atoms with Crippen molar-refractivity contribution in [2.45, 2.75) is 45.6 Å². The SMILES string of the molecule is CC(C)CCC(NC(=O)OCC1c2ccccc2-c2ccccc21)C(=O)N1CC(C(C)C(=O)O)C1. The molecule has 0 bridgehead atoms. The molecule has 35 heavy (non-hydrogen) atoms. The highest BCUT2D eigenvalue weighted by molar-refractivity contribution is 5.86. The summed E-state index contributed by atoms with van der Waals surface area (Å²) in [4.78, 5) is 38.8. The van der Waals surface area contributed by atoms with Crippen LogP contribution in [-0.2, 0) is 14.3 Å². The molecule has 2 atom stereocenters. The Balaban J connectivity index is 1.38. The first-order chi connectivity index (χ1) is 16.8. The van der Waals surface area contributed by atoms with E-state index in [9.17, 15) is 19.5 Å². The summed E-state index contributed by atoms with van der Waals surface area (Å²) in [5, 5.41) is 12.0. The Hall–Kier alpha value is -3.35. The number of alkyl carbamates (subject to hydrolysis) is 1. The van der Waals surface area contributed by atoms with E-state index in [4.69, 9.17) is 4.74 Å². The minimum atomic E-state index is -0.852. The van der Waals surface area contributed by atoms with Gasteiger partial charge in [0, 0.05) is 24.9 Å². The highest BCUT2D eigenvalue weighted by Crippen LogP contribution is 2.44. The lowest BCUT2D eigenvalue weighted by molar-refractivity contribution is -0.151. The highest BCUT2D eigenvalue weighted by Gasteiger charge is 2.40. The molecule has 2 amide bonds. The van der Waals surface area contributed by atoms with Gasteiger partial charge in [0.05, 0.1) is 5.92 Å². The molecule has 1 fully saturated rings. The fourth-order valence-electron chi connectivity index (χ4n) is 4.97. The molecular formula is C28H34N2O5. The Morgan fingerprint density at radius 2 is 1.54 bits per heavy atom. The van der Waals surface area contributed by atoms with Crippen LogP contribution >= 0.6 is 0 Å². The number of ether oxygens (including phenoxy) is 1. The van der Waals surface area contributed by atoms with Crippen molar-refractivity contribution in [3.63, 3.8) is 0 Å². The number of aliphatic carboxylic acids is 1.